The van der Waals surface area contributed by atoms with Gasteiger partial charge in [0.1, 0.15) is 0 Å². The molecule has 1 atom stereocenters. The Labute approximate surface area is 102 Å². The van der Waals surface area contributed by atoms with E-state index >= 15 is 0 Å². The summed E-state index contributed by atoms with van der Waals surface area (Å²) in [6.07, 6.45) is 1.88. The predicted octanol–water partition coefficient (Wildman–Crippen LogP) is 0.228. The van der Waals surface area contributed by atoms with Crippen LogP contribution >= 0.6 is 0 Å². The van der Waals surface area contributed by atoms with Gasteiger partial charge in [0.15, 0.2) is 0 Å². The van der Waals surface area contributed by atoms with Crippen molar-refractivity contribution in [1.82, 2.24) is 9.80 Å². The van der Waals surface area contributed by atoms with E-state index in [0.29, 0.717) is 13.0 Å². The molecule has 0 saturated carbocycles. The van der Waals surface area contributed by atoms with E-state index in [1.54, 1.807) is 4.90 Å². The number of hydrogen-bond donors (Lipinski definition) is 1. The van der Waals surface area contributed by atoms with Crippen molar-refractivity contribution in [2.45, 2.75) is 39.2 Å². The lowest BCUT2D eigenvalue weighted by atomic mass is 10.2. The molecule has 0 aromatic carbocycles. The maximum Gasteiger partial charge on any atom is 0.242 e. The zero-order chi connectivity index (χ0) is 12.8. The molecular formula is C12H22N2O3. The Kier molecular flexibility index (Phi) is 5.41. The first-order chi connectivity index (χ1) is 8.08. The van der Waals surface area contributed by atoms with Gasteiger partial charge in [0.25, 0.3) is 0 Å². The molecule has 98 valence electrons. The van der Waals surface area contributed by atoms with Gasteiger partial charge in [-0.1, -0.05) is 20.3 Å². The van der Waals surface area contributed by atoms with E-state index in [-0.39, 0.29) is 31.4 Å². The van der Waals surface area contributed by atoms with Crippen LogP contribution in [-0.4, -0.2) is 59.0 Å². The molecule has 1 rings (SSSR count). The van der Waals surface area contributed by atoms with Gasteiger partial charge in [-0.25, -0.2) is 0 Å². The fourth-order valence-electron chi connectivity index (χ4n) is 2.02. The first-order valence-corrected chi connectivity index (χ1v) is 6.32. The van der Waals surface area contributed by atoms with Gasteiger partial charge in [-0.2, -0.15) is 0 Å². The summed E-state index contributed by atoms with van der Waals surface area (Å²) in [6.45, 7) is 5.14. The molecular weight excluding hydrogens is 220 g/mol. The normalized spacial score (nSPS) is 18.8. The molecule has 1 saturated heterocycles. The summed E-state index contributed by atoms with van der Waals surface area (Å²) in [4.78, 5) is 26.6. The van der Waals surface area contributed by atoms with Gasteiger partial charge in [-0.15, -0.1) is 0 Å². The van der Waals surface area contributed by atoms with E-state index in [4.69, 9.17) is 0 Å². The molecule has 0 radical (unpaired) electrons. The van der Waals surface area contributed by atoms with Crippen LogP contribution in [-0.2, 0) is 9.59 Å². The second kappa shape index (κ2) is 6.59. The summed E-state index contributed by atoms with van der Waals surface area (Å²) in [5, 5.41) is 9.66. The highest BCUT2D eigenvalue weighted by atomic mass is 16.3. The zero-order valence-corrected chi connectivity index (χ0v) is 10.7. The standard InChI is InChI=1S/C12H22N2O3/c1-3-5-10(15)7-14-9-11(16)13(6-4-2)8-12(14)17/h10,15H,3-9H2,1-2H3. The minimum absolute atomic E-state index is 0.0184. The lowest BCUT2D eigenvalue weighted by molar-refractivity contribution is -0.151. The first kappa shape index (κ1) is 14.0. The number of hydrogen-bond acceptors (Lipinski definition) is 3. The van der Waals surface area contributed by atoms with E-state index < -0.39 is 6.10 Å². The Hall–Kier alpha value is -1.10. The number of nitrogens with zero attached hydrogens (tertiary/aromatic N) is 2. The molecule has 2 amide bonds. The van der Waals surface area contributed by atoms with Crippen LogP contribution in [0.2, 0.25) is 0 Å². The highest BCUT2D eigenvalue weighted by molar-refractivity contribution is 5.92. The highest BCUT2D eigenvalue weighted by Gasteiger charge is 2.30. The van der Waals surface area contributed by atoms with Crippen LogP contribution < -0.4 is 0 Å². The van der Waals surface area contributed by atoms with Gasteiger partial charge in [0.05, 0.1) is 19.2 Å². The van der Waals surface area contributed by atoms with Crippen LogP contribution in [0.25, 0.3) is 0 Å². The largest absolute Gasteiger partial charge is 0.391 e. The fourth-order valence-corrected chi connectivity index (χ4v) is 2.02. The molecule has 0 aliphatic carbocycles. The van der Waals surface area contributed by atoms with Gasteiger partial charge < -0.3 is 14.9 Å². The molecule has 1 aliphatic rings. The molecule has 17 heavy (non-hydrogen) atoms. The quantitative estimate of drug-likeness (QED) is 0.725. The van der Waals surface area contributed by atoms with Crippen LogP contribution in [0, 0.1) is 0 Å². The number of piperazine rings is 1. The molecule has 1 aliphatic heterocycles. The molecule has 1 N–H and O–H groups in total. The van der Waals surface area contributed by atoms with Crippen LogP contribution in [0.5, 0.6) is 0 Å². The van der Waals surface area contributed by atoms with E-state index in [1.807, 2.05) is 13.8 Å². The van der Waals surface area contributed by atoms with Crippen LogP contribution in [0.3, 0.4) is 0 Å². The highest BCUT2D eigenvalue weighted by Crippen LogP contribution is 2.08. The summed E-state index contributed by atoms with van der Waals surface area (Å²) >= 11 is 0. The fraction of sp³-hybridized carbons (Fsp3) is 0.833. The predicted molar refractivity (Wildman–Crippen MR) is 64.4 cm³/mol. The second-order valence-electron chi connectivity index (χ2n) is 4.53. The molecule has 1 fully saturated rings. The molecule has 1 unspecified atom stereocenters. The Morgan fingerprint density at radius 3 is 2.29 bits per heavy atom. The molecule has 5 heteroatoms. The third-order valence-electron chi connectivity index (χ3n) is 2.90. The molecule has 0 aromatic rings. The van der Waals surface area contributed by atoms with Crippen molar-refractivity contribution in [3.05, 3.63) is 0 Å². The van der Waals surface area contributed by atoms with Gasteiger partial charge in [0.2, 0.25) is 11.8 Å². The van der Waals surface area contributed by atoms with Gasteiger partial charge in [0, 0.05) is 13.1 Å². The average molecular weight is 242 g/mol. The van der Waals surface area contributed by atoms with Crippen LogP contribution in [0.1, 0.15) is 33.1 Å². The van der Waals surface area contributed by atoms with E-state index in [0.717, 1.165) is 12.8 Å². The van der Waals surface area contributed by atoms with Gasteiger partial charge in [-0.3, -0.25) is 9.59 Å². The molecule has 1 heterocycles. The summed E-state index contributed by atoms with van der Waals surface area (Å²) < 4.78 is 0. The lowest BCUT2D eigenvalue weighted by Crippen LogP contribution is -2.55. The van der Waals surface area contributed by atoms with Gasteiger partial charge >= 0.3 is 0 Å². The van der Waals surface area contributed by atoms with Crippen molar-refractivity contribution in [2.24, 2.45) is 0 Å². The third kappa shape index (κ3) is 4.00. The monoisotopic (exact) mass is 242 g/mol. The van der Waals surface area contributed by atoms with Crippen molar-refractivity contribution < 1.29 is 14.7 Å². The Morgan fingerprint density at radius 2 is 1.71 bits per heavy atom. The average Bonchev–Trinajstić information content (AvgIpc) is 2.26. The maximum absolute atomic E-state index is 11.8. The van der Waals surface area contributed by atoms with E-state index in [1.165, 1.54) is 4.90 Å². The van der Waals surface area contributed by atoms with Crippen LogP contribution in [0.4, 0.5) is 0 Å². The minimum atomic E-state index is -0.519. The Morgan fingerprint density at radius 1 is 1.12 bits per heavy atom. The number of rotatable bonds is 6. The van der Waals surface area contributed by atoms with E-state index in [2.05, 4.69) is 0 Å². The van der Waals surface area contributed by atoms with Crippen molar-refractivity contribution in [1.29, 1.82) is 0 Å². The summed E-state index contributed by atoms with van der Waals surface area (Å²) in [5.41, 5.74) is 0. The first-order valence-electron chi connectivity index (χ1n) is 6.32. The second-order valence-corrected chi connectivity index (χ2v) is 4.53. The van der Waals surface area contributed by atoms with Crippen molar-refractivity contribution in [3.63, 3.8) is 0 Å². The smallest absolute Gasteiger partial charge is 0.242 e. The zero-order valence-electron chi connectivity index (χ0n) is 10.7. The SMILES string of the molecule is CCCC(O)CN1CC(=O)N(CCC)CC1=O. The summed E-state index contributed by atoms with van der Waals surface area (Å²) in [7, 11) is 0. The number of β-amino-alcohol motifs (C(OH)–C–C–N with tert-alkyl or cyclic N) is 1. The number of carbonyl (C=O) groups excluding carboxylic acids is 2. The number of carbonyl (C=O) groups is 2. The topological polar surface area (TPSA) is 60.9 Å². The molecule has 0 spiro atoms. The van der Waals surface area contributed by atoms with Gasteiger partial charge in [-0.05, 0) is 12.8 Å². The van der Waals surface area contributed by atoms with Crippen LogP contribution in [0.15, 0.2) is 0 Å². The molecule has 0 aromatic heterocycles. The van der Waals surface area contributed by atoms with E-state index in [9.17, 15) is 14.7 Å². The number of amides is 2. The number of aliphatic hydroxyl groups is 1. The molecule has 0 bridgehead atoms. The lowest BCUT2D eigenvalue weighted by Gasteiger charge is -2.34. The molecule has 5 nitrogen and oxygen atoms in total. The van der Waals surface area contributed by atoms with Crippen molar-refractivity contribution in [2.75, 3.05) is 26.2 Å². The Balaban J connectivity index is 2.49. The number of aliphatic hydroxyl groups excluding tert-OH is 1. The minimum Gasteiger partial charge on any atom is -0.391 e. The van der Waals surface area contributed by atoms with Crippen molar-refractivity contribution in [3.8, 4) is 0 Å². The summed E-state index contributed by atoms with van der Waals surface area (Å²) in [5.74, 6) is -0.0802. The summed E-state index contributed by atoms with van der Waals surface area (Å²) in [6, 6.07) is 0. The van der Waals surface area contributed by atoms with Crippen molar-refractivity contribution >= 4 is 11.8 Å². The maximum atomic E-state index is 11.8. The third-order valence-corrected chi connectivity index (χ3v) is 2.90. The Bertz CT molecular complexity index is 281.